The molecule has 0 unspecified atom stereocenters. The van der Waals surface area contributed by atoms with E-state index in [9.17, 15) is 0 Å². The summed E-state index contributed by atoms with van der Waals surface area (Å²) in [4.78, 5) is 4.20. The number of hydrogen-bond acceptors (Lipinski definition) is 5. The van der Waals surface area contributed by atoms with Crippen LogP contribution in [0.1, 0.15) is 75.3 Å². The van der Waals surface area contributed by atoms with Crippen LogP contribution in [0.5, 0.6) is 0 Å². The molecule has 2 aromatic heterocycles. The van der Waals surface area contributed by atoms with Crippen molar-refractivity contribution in [2.45, 2.75) is 65.5 Å². The van der Waals surface area contributed by atoms with E-state index in [-0.39, 0.29) is 0 Å². The molecule has 2 aromatic rings. The number of aromatic nitrogens is 2. The zero-order valence-corrected chi connectivity index (χ0v) is 15.8. The maximum Gasteiger partial charge on any atom is 0.191 e. The monoisotopic (exact) mass is 347 g/mol. The van der Waals surface area contributed by atoms with Crippen LogP contribution in [0.4, 0.5) is 0 Å². The van der Waals surface area contributed by atoms with Gasteiger partial charge >= 0.3 is 0 Å². The van der Waals surface area contributed by atoms with Crippen molar-refractivity contribution in [2.75, 3.05) is 7.05 Å². The van der Waals surface area contributed by atoms with Crippen molar-refractivity contribution in [2.24, 2.45) is 4.99 Å². The molecule has 7 nitrogen and oxygen atoms in total. The Bertz CT molecular complexity index is 671. The van der Waals surface area contributed by atoms with Gasteiger partial charge in [-0.25, -0.2) is 0 Å². The lowest BCUT2D eigenvalue weighted by Gasteiger charge is -2.09. The van der Waals surface area contributed by atoms with Gasteiger partial charge in [0.1, 0.15) is 0 Å². The first-order valence-electron chi connectivity index (χ1n) is 8.92. The van der Waals surface area contributed by atoms with Crippen molar-refractivity contribution >= 4 is 5.96 Å². The van der Waals surface area contributed by atoms with Crippen LogP contribution in [0.15, 0.2) is 26.2 Å². The van der Waals surface area contributed by atoms with Crippen LogP contribution in [0.25, 0.3) is 0 Å². The van der Waals surface area contributed by atoms with Crippen LogP contribution in [0.2, 0.25) is 0 Å². The second-order valence-electron chi connectivity index (χ2n) is 6.38. The average molecular weight is 347 g/mol. The molecular formula is C18H29N5O2. The number of aliphatic imine (C=N–C) groups is 1. The molecule has 0 saturated carbocycles. The molecule has 2 heterocycles. The van der Waals surface area contributed by atoms with Gasteiger partial charge in [-0.05, 0) is 18.8 Å². The van der Waals surface area contributed by atoms with Crippen LogP contribution < -0.4 is 10.6 Å². The zero-order valence-electron chi connectivity index (χ0n) is 15.8. The molecule has 25 heavy (non-hydrogen) atoms. The summed E-state index contributed by atoms with van der Waals surface area (Å²) in [5, 5.41) is 14.6. The molecular weight excluding hydrogens is 318 g/mol. The van der Waals surface area contributed by atoms with E-state index in [1.165, 1.54) is 0 Å². The second kappa shape index (κ2) is 9.25. The van der Waals surface area contributed by atoms with Gasteiger partial charge in [0.25, 0.3) is 0 Å². The molecule has 0 aliphatic heterocycles. The van der Waals surface area contributed by atoms with Gasteiger partial charge in [-0.15, -0.1) is 0 Å². The fraction of sp³-hybridized carbons (Fsp3) is 0.611. The Hall–Kier alpha value is -2.31. The molecule has 0 aliphatic carbocycles. The smallest absolute Gasteiger partial charge is 0.191 e. The van der Waals surface area contributed by atoms with E-state index in [0.717, 1.165) is 35.7 Å². The second-order valence-corrected chi connectivity index (χ2v) is 6.38. The fourth-order valence-electron chi connectivity index (χ4n) is 2.56. The molecule has 0 saturated heterocycles. The molecule has 0 radical (unpaired) electrons. The van der Waals surface area contributed by atoms with E-state index in [1.807, 2.05) is 12.1 Å². The van der Waals surface area contributed by atoms with Gasteiger partial charge in [0.2, 0.25) is 0 Å². The first-order chi connectivity index (χ1) is 12.1. The Balaban J connectivity index is 1.84. The Kier molecular flexibility index (Phi) is 7.03. The van der Waals surface area contributed by atoms with Crippen molar-refractivity contribution in [3.63, 3.8) is 0 Å². The van der Waals surface area contributed by atoms with Crippen LogP contribution in [-0.2, 0) is 13.1 Å². The third-order valence-electron chi connectivity index (χ3n) is 4.23. The number of guanidine groups is 1. The summed E-state index contributed by atoms with van der Waals surface area (Å²) < 4.78 is 10.7. The Morgan fingerprint density at radius 1 is 1.00 bits per heavy atom. The molecule has 2 rings (SSSR count). The third-order valence-corrected chi connectivity index (χ3v) is 4.23. The number of rotatable bonds is 8. The normalized spacial score (nSPS) is 12.2. The molecule has 0 aliphatic rings. The van der Waals surface area contributed by atoms with Gasteiger partial charge in [-0.2, -0.15) is 0 Å². The van der Waals surface area contributed by atoms with Gasteiger partial charge < -0.3 is 19.7 Å². The van der Waals surface area contributed by atoms with Crippen molar-refractivity contribution in [1.29, 1.82) is 0 Å². The molecule has 0 amide bonds. The summed E-state index contributed by atoms with van der Waals surface area (Å²) in [7, 11) is 1.73. The summed E-state index contributed by atoms with van der Waals surface area (Å²) in [5.74, 6) is 3.05. The molecule has 0 spiro atoms. The molecule has 0 atom stereocenters. The molecule has 0 fully saturated rings. The number of nitrogens with zero attached hydrogens (tertiary/aromatic N) is 3. The Morgan fingerprint density at radius 3 is 1.96 bits per heavy atom. The molecule has 0 bridgehead atoms. The predicted molar refractivity (Wildman–Crippen MR) is 97.5 cm³/mol. The van der Waals surface area contributed by atoms with E-state index in [0.29, 0.717) is 30.9 Å². The van der Waals surface area contributed by atoms with E-state index in [1.54, 1.807) is 7.05 Å². The quantitative estimate of drug-likeness (QED) is 0.561. The van der Waals surface area contributed by atoms with Crippen LogP contribution >= 0.6 is 0 Å². The molecule has 0 aromatic carbocycles. The summed E-state index contributed by atoms with van der Waals surface area (Å²) >= 11 is 0. The summed E-state index contributed by atoms with van der Waals surface area (Å²) in [6, 6.07) is 3.98. The average Bonchev–Trinajstić information content (AvgIpc) is 3.26. The first-order valence-corrected chi connectivity index (χ1v) is 8.92. The highest BCUT2D eigenvalue weighted by Crippen LogP contribution is 2.22. The Labute approximate surface area is 149 Å². The Morgan fingerprint density at radius 2 is 1.52 bits per heavy atom. The van der Waals surface area contributed by atoms with Gasteiger partial charge in [0, 0.05) is 25.1 Å². The predicted octanol–water partition coefficient (Wildman–Crippen LogP) is 3.55. The molecule has 138 valence electrons. The van der Waals surface area contributed by atoms with Gasteiger partial charge in [0.05, 0.1) is 24.5 Å². The highest BCUT2D eigenvalue weighted by molar-refractivity contribution is 5.79. The van der Waals surface area contributed by atoms with Gasteiger partial charge in [-0.1, -0.05) is 38.0 Å². The lowest BCUT2D eigenvalue weighted by molar-refractivity contribution is 0.366. The van der Waals surface area contributed by atoms with Crippen LogP contribution in [0, 0.1) is 0 Å². The maximum atomic E-state index is 5.41. The first kappa shape index (κ1) is 19.0. The minimum atomic E-state index is 0.352. The zero-order chi connectivity index (χ0) is 18.2. The number of hydrogen-bond donors (Lipinski definition) is 2. The van der Waals surface area contributed by atoms with Gasteiger partial charge in [-0.3, -0.25) is 4.99 Å². The molecule has 7 heteroatoms. The minimum Gasteiger partial charge on any atom is -0.359 e. The van der Waals surface area contributed by atoms with E-state index >= 15 is 0 Å². The lowest BCUT2D eigenvalue weighted by atomic mass is 9.99. The van der Waals surface area contributed by atoms with Crippen molar-refractivity contribution in [3.05, 3.63) is 35.0 Å². The number of nitrogens with one attached hydrogen (secondary N) is 2. The fourth-order valence-corrected chi connectivity index (χ4v) is 2.56. The highest BCUT2D eigenvalue weighted by atomic mass is 16.5. The van der Waals surface area contributed by atoms with E-state index in [4.69, 9.17) is 9.05 Å². The van der Waals surface area contributed by atoms with E-state index < -0.39 is 0 Å². The lowest BCUT2D eigenvalue weighted by Crippen LogP contribution is -2.36. The van der Waals surface area contributed by atoms with Crippen LogP contribution in [-0.4, -0.2) is 23.3 Å². The topological polar surface area (TPSA) is 88.5 Å². The van der Waals surface area contributed by atoms with Crippen molar-refractivity contribution in [1.82, 2.24) is 20.9 Å². The van der Waals surface area contributed by atoms with Crippen molar-refractivity contribution < 1.29 is 9.05 Å². The minimum absolute atomic E-state index is 0.352. The van der Waals surface area contributed by atoms with E-state index in [2.05, 4.69) is 53.6 Å². The summed E-state index contributed by atoms with van der Waals surface area (Å²) in [5.41, 5.74) is 1.97. The van der Waals surface area contributed by atoms with Crippen molar-refractivity contribution in [3.8, 4) is 0 Å². The third kappa shape index (κ3) is 5.34. The summed E-state index contributed by atoms with van der Waals surface area (Å²) in [6.45, 7) is 9.56. The molecule has 2 N–H and O–H groups in total. The van der Waals surface area contributed by atoms with Gasteiger partial charge in [0.15, 0.2) is 17.5 Å². The highest BCUT2D eigenvalue weighted by Gasteiger charge is 2.13. The van der Waals surface area contributed by atoms with Crippen LogP contribution in [0.3, 0.4) is 0 Å². The summed E-state index contributed by atoms with van der Waals surface area (Å²) in [6.07, 6.45) is 2.13. The standard InChI is InChI=1S/C18H29N5O2/c1-6-13(7-2)17-9-15(25-23-17)11-21-18(19-5)20-10-14-8-16(12(3)4)22-24-14/h8-9,12-13H,6-7,10-11H2,1-5H3,(H2,19,20,21). The largest absolute Gasteiger partial charge is 0.359 e. The maximum absolute atomic E-state index is 5.41. The SMILES string of the molecule is CCC(CC)c1cc(CNC(=NC)NCc2cc(C(C)C)no2)on1.